The number of carbonyl (C=O) groups excluding carboxylic acids is 1. The van der Waals surface area contributed by atoms with Crippen LogP contribution in [0.5, 0.6) is 5.75 Å². The van der Waals surface area contributed by atoms with E-state index in [2.05, 4.69) is 0 Å². The molecule has 25 heavy (non-hydrogen) atoms. The van der Waals surface area contributed by atoms with E-state index in [1.54, 1.807) is 12.1 Å². The maximum absolute atomic E-state index is 13.8. The molecular formula is C19H16F4O2. The highest BCUT2D eigenvalue weighted by molar-refractivity contribution is 5.91. The van der Waals surface area contributed by atoms with Crippen molar-refractivity contribution < 1.29 is 27.1 Å². The minimum Gasteiger partial charge on any atom is -0.423 e. The first-order valence-electron chi connectivity index (χ1n) is 7.65. The number of benzene rings is 2. The summed E-state index contributed by atoms with van der Waals surface area (Å²) in [6.07, 6.45) is -2.09. The molecule has 0 unspecified atom stereocenters. The highest BCUT2D eigenvalue weighted by Crippen LogP contribution is 2.22. The van der Waals surface area contributed by atoms with Crippen molar-refractivity contribution in [1.29, 1.82) is 0 Å². The summed E-state index contributed by atoms with van der Waals surface area (Å²) in [5.41, 5.74) is 1.15. The van der Waals surface area contributed by atoms with E-state index in [4.69, 9.17) is 4.74 Å². The fourth-order valence-corrected chi connectivity index (χ4v) is 2.15. The normalized spacial score (nSPS) is 11.7. The molecule has 2 aromatic rings. The summed E-state index contributed by atoms with van der Waals surface area (Å²) in [5.74, 6) is -1.66. The molecule has 132 valence electrons. The highest BCUT2D eigenvalue weighted by atomic mass is 19.4. The number of ether oxygens (including phenoxy) is 1. The lowest BCUT2D eigenvalue weighted by Gasteiger charge is -2.07. The van der Waals surface area contributed by atoms with Crippen LogP contribution < -0.4 is 4.74 Å². The zero-order valence-electron chi connectivity index (χ0n) is 13.4. The molecule has 6 heteroatoms. The average Bonchev–Trinajstić information content (AvgIpc) is 2.54. The van der Waals surface area contributed by atoms with Crippen molar-refractivity contribution in [3.8, 4) is 5.75 Å². The molecule has 0 saturated heterocycles. The molecule has 2 aromatic carbocycles. The lowest BCUT2D eigenvalue weighted by atomic mass is 10.1. The molecule has 0 bridgehead atoms. The van der Waals surface area contributed by atoms with E-state index < -0.39 is 18.0 Å². The summed E-state index contributed by atoms with van der Waals surface area (Å²) in [7, 11) is 0. The van der Waals surface area contributed by atoms with E-state index in [1.165, 1.54) is 6.07 Å². The lowest BCUT2D eigenvalue weighted by Crippen LogP contribution is -2.08. The van der Waals surface area contributed by atoms with Crippen molar-refractivity contribution in [3.05, 3.63) is 71.0 Å². The van der Waals surface area contributed by atoms with E-state index in [9.17, 15) is 22.4 Å². The van der Waals surface area contributed by atoms with Crippen molar-refractivity contribution >= 4 is 12.0 Å². The number of hydrogen-bond acceptors (Lipinski definition) is 2. The standard InChI is InChI=1S/C19H16F4O2/c1-2-3-13-4-6-15(7-5-13)18(24)25-16-9-8-14(17(20)12-16)10-11-19(21,22)23/h4-12H,2-3H2,1H3. The monoisotopic (exact) mass is 352 g/mol. The van der Waals surface area contributed by atoms with Gasteiger partial charge in [-0.15, -0.1) is 0 Å². The third-order valence-electron chi connectivity index (χ3n) is 3.36. The number of esters is 1. The molecule has 0 atom stereocenters. The van der Waals surface area contributed by atoms with Gasteiger partial charge in [-0.2, -0.15) is 13.2 Å². The molecule has 0 aliphatic carbocycles. The largest absolute Gasteiger partial charge is 0.423 e. The first kappa shape index (κ1) is 18.7. The Morgan fingerprint density at radius 1 is 1.12 bits per heavy atom. The molecule has 2 nitrogen and oxygen atoms in total. The maximum Gasteiger partial charge on any atom is 0.409 e. The van der Waals surface area contributed by atoms with Gasteiger partial charge in [-0.25, -0.2) is 9.18 Å². The first-order chi connectivity index (χ1) is 11.8. The zero-order chi connectivity index (χ0) is 18.4. The number of hydrogen-bond donors (Lipinski definition) is 0. The van der Waals surface area contributed by atoms with Gasteiger partial charge in [-0.05, 0) is 42.3 Å². The number of rotatable bonds is 5. The molecule has 2 rings (SSSR count). The van der Waals surface area contributed by atoms with Gasteiger partial charge in [-0.3, -0.25) is 0 Å². The van der Waals surface area contributed by atoms with Gasteiger partial charge in [-0.1, -0.05) is 25.5 Å². The van der Waals surface area contributed by atoms with Crippen molar-refractivity contribution in [1.82, 2.24) is 0 Å². The molecule has 0 fully saturated rings. The van der Waals surface area contributed by atoms with Crippen molar-refractivity contribution in [2.24, 2.45) is 0 Å². The van der Waals surface area contributed by atoms with Gasteiger partial charge < -0.3 is 4.74 Å². The molecule has 0 aliphatic rings. The minimum atomic E-state index is -4.53. The van der Waals surface area contributed by atoms with E-state index in [1.807, 2.05) is 19.1 Å². The second kappa shape index (κ2) is 7.96. The molecule has 0 saturated carbocycles. The summed E-state index contributed by atoms with van der Waals surface area (Å²) in [5, 5.41) is 0. The number of alkyl halides is 3. The van der Waals surface area contributed by atoms with Gasteiger partial charge in [0.1, 0.15) is 11.6 Å². The van der Waals surface area contributed by atoms with Crippen LogP contribution in [0.1, 0.15) is 34.8 Å². The molecule has 0 spiro atoms. The predicted molar refractivity (Wildman–Crippen MR) is 86.9 cm³/mol. The number of halogens is 4. The summed E-state index contributed by atoms with van der Waals surface area (Å²) in [6, 6.07) is 10.1. The lowest BCUT2D eigenvalue weighted by molar-refractivity contribution is -0.0790. The Bertz CT molecular complexity index is 762. The molecular weight excluding hydrogens is 336 g/mol. The van der Waals surface area contributed by atoms with Gasteiger partial charge in [0.15, 0.2) is 0 Å². The predicted octanol–water partition coefficient (Wildman–Crippen LogP) is 5.57. The average molecular weight is 352 g/mol. The molecule has 0 N–H and O–H groups in total. The quantitative estimate of drug-likeness (QED) is 0.399. The van der Waals surface area contributed by atoms with Crippen LogP contribution in [-0.2, 0) is 6.42 Å². The van der Waals surface area contributed by atoms with Crippen LogP contribution in [0.4, 0.5) is 17.6 Å². The maximum atomic E-state index is 13.8. The van der Waals surface area contributed by atoms with Gasteiger partial charge in [0.2, 0.25) is 0 Å². The molecule has 0 heterocycles. The van der Waals surface area contributed by atoms with Gasteiger partial charge in [0.25, 0.3) is 0 Å². The van der Waals surface area contributed by atoms with E-state index >= 15 is 0 Å². The zero-order valence-corrected chi connectivity index (χ0v) is 13.4. The summed E-state index contributed by atoms with van der Waals surface area (Å²) in [4.78, 5) is 12.0. The van der Waals surface area contributed by atoms with E-state index in [0.717, 1.165) is 30.5 Å². The minimum absolute atomic E-state index is 0.0606. The van der Waals surface area contributed by atoms with Crippen LogP contribution in [0.25, 0.3) is 6.08 Å². The van der Waals surface area contributed by atoms with Crippen LogP contribution in [0.2, 0.25) is 0 Å². The Morgan fingerprint density at radius 3 is 2.36 bits per heavy atom. The van der Waals surface area contributed by atoms with Crippen LogP contribution in [-0.4, -0.2) is 12.1 Å². The van der Waals surface area contributed by atoms with Crippen molar-refractivity contribution in [2.75, 3.05) is 0 Å². The van der Waals surface area contributed by atoms with Gasteiger partial charge in [0, 0.05) is 17.7 Å². The fraction of sp³-hybridized carbons (Fsp3) is 0.211. The first-order valence-corrected chi connectivity index (χ1v) is 7.65. The summed E-state index contributed by atoms with van der Waals surface area (Å²) < 4.78 is 55.2. The SMILES string of the molecule is CCCc1ccc(C(=O)Oc2ccc(C=CC(F)(F)F)c(F)c2)cc1. The summed E-state index contributed by atoms with van der Waals surface area (Å²) in [6.45, 7) is 2.05. The molecule has 0 radical (unpaired) electrons. The Morgan fingerprint density at radius 2 is 1.80 bits per heavy atom. The van der Waals surface area contributed by atoms with Crippen LogP contribution in [0.3, 0.4) is 0 Å². The topological polar surface area (TPSA) is 26.3 Å². The second-order valence-corrected chi connectivity index (χ2v) is 5.39. The number of allylic oxidation sites excluding steroid dienone is 1. The number of aryl methyl sites for hydroxylation is 1. The van der Waals surface area contributed by atoms with Gasteiger partial charge in [0.05, 0.1) is 5.56 Å². The van der Waals surface area contributed by atoms with Crippen LogP contribution >= 0.6 is 0 Å². The Hall–Kier alpha value is -2.63. The fourth-order valence-electron chi connectivity index (χ4n) is 2.15. The van der Waals surface area contributed by atoms with E-state index in [-0.39, 0.29) is 17.4 Å². The van der Waals surface area contributed by atoms with Gasteiger partial charge >= 0.3 is 12.1 Å². The highest BCUT2D eigenvalue weighted by Gasteiger charge is 2.22. The molecule has 0 aromatic heterocycles. The molecule has 0 aliphatic heterocycles. The summed E-state index contributed by atoms with van der Waals surface area (Å²) >= 11 is 0. The molecule has 0 amide bonds. The Balaban J connectivity index is 2.08. The van der Waals surface area contributed by atoms with Crippen molar-refractivity contribution in [3.63, 3.8) is 0 Å². The third-order valence-corrected chi connectivity index (χ3v) is 3.36. The smallest absolute Gasteiger partial charge is 0.409 e. The van der Waals surface area contributed by atoms with Crippen LogP contribution in [0.15, 0.2) is 48.5 Å². The second-order valence-electron chi connectivity index (χ2n) is 5.39. The third kappa shape index (κ3) is 5.74. The Kier molecular flexibility index (Phi) is 5.96. The van der Waals surface area contributed by atoms with Crippen LogP contribution in [0, 0.1) is 5.82 Å². The van der Waals surface area contributed by atoms with Crippen molar-refractivity contribution in [2.45, 2.75) is 25.9 Å². The van der Waals surface area contributed by atoms with E-state index in [0.29, 0.717) is 11.6 Å². The number of carbonyl (C=O) groups is 1. The Labute approximate surface area is 142 Å².